The second-order valence-corrected chi connectivity index (χ2v) is 4.63. The molecule has 2 aromatic rings. The fraction of sp³-hybridized carbons (Fsp3) is 0.400. The van der Waals surface area contributed by atoms with E-state index in [1.807, 2.05) is 25.2 Å². The molecular weight excluding hydrogens is 238 g/mol. The molecule has 0 aliphatic heterocycles. The van der Waals surface area contributed by atoms with Gasteiger partial charge in [0.1, 0.15) is 5.82 Å². The summed E-state index contributed by atoms with van der Waals surface area (Å²) in [7, 11) is 3.77. The highest BCUT2D eigenvalue weighted by Gasteiger charge is 2.07. The minimum Gasteiger partial charge on any atom is -0.385 e. The number of hydrogen-bond donors (Lipinski definition) is 1. The van der Waals surface area contributed by atoms with Crippen molar-refractivity contribution in [3.8, 4) is 0 Å². The zero-order valence-electron chi connectivity index (χ0n) is 11.6. The van der Waals surface area contributed by atoms with Gasteiger partial charge in [0, 0.05) is 39.2 Å². The Labute approximate surface area is 114 Å². The lowest BCUT2D eigenvalue weighted by Crippen LogP contribution is -2.21. The van der Waals surface area contributed by atoms with Crippen LogP contribution >= 0.6 is 0 Å². The highest BCUT2D eigenvalue weighted by atomic mass is 16.5. The number of aromatic nitrogens is 1. The monoisotopic (exact) mass is 259 g/mol. The van der Waals surface area contributed by atoms with Crippen LogP contribution in [0.25, 0.3) is 10.9 Å². The van der Waals surface area contributed by atoms with Crippen LogP contribution in [0.5, 0.6) is 0 Å². The van der Waals surface area contributed by atoms with Gasteiger partial charge in [-0.25, -0.2) is 4.98 Å². The van der Waals surface area contributed by atoms with Gasteiger partial charge in [-0.1, -0.05) is 18.2 Å². The molecule has 4 nitrogen and oxygen atoms in total. The fourth-order valence-corrected chi connectivity index (χ4v) is 2.16. The van der Waals surface area contributed by atoms with E-state index in [2.05, 4.69) is 17.0 Å². The molecule has 19 heavy (non-hydrogen) atoms. The predicted molar refractivity (Wildman–Crippen MR) is 79.4 cm³/mol. The van der Waals surface area contributed by atoms with Crippen LogP contribution in [0, 0.1) is 0 Å². The van der Waals surface area contributed by atoms with E-state index in [1.165, 1.54) is 0 Å². The molecule has 1 heterocycles. The van der Waals surface area contributed by atoms with Gasteiger partial charge < -0.3 is 15.4 Å². The van der Waals surface area contributed by atoms with Crippen molar-refractivity contribution in [1.29, 1.82) is 0 Å². The molecule has 0 saturated heterocycles. The maximum atomic E-state index is 5.84. The first kappa shape index (κ1) is 13.8. The minimum absolute atomic E-state index is 0.530. The highest BCUT2D eigenvalue weighted by molar-refractivity contribution is 5.84. The molecule has 0 spiro atoms. The zero-order valence-corrected chi connectivity index (χ0v) is 11.6. The fourth-order valence-electron chi connectivity index (χ4n) is 2.16. The molecule has 0 aliphatic rings. The van der Waals surface area contributed by atoms with Gasteiger partial charge >= 0.3 is 0 Å². The van der Waals surface area contributed by atoms with E-state index in [0.717, 1.165) is 41.9 Å². The summed E-state index contributed by atoms with van der Waals surface area (Å²) < 4.78 is 5.08. The second-order valence-electron chi connectivity index (χ2n) is 4.63. The summed E-state index contributed by atoms with van der Waals surface area (Å²) in [4.78, 5) is 6.84. The van der Waals surface area contributed by atoms with E-state index in [-0.39, 0.29) is 0 Å². The third kappa shape index (κ3) is 3.22. The average molecular weight is 259 g/mol. The Bertz CT molecular complexity index is 542. The Morgan fingerprint density at radius 2 is 2.11 bits per heavy atom. The first-order chi connectivity index (χ1) is 9.26. The van der Waals surface area contributed by atoms with Crippen molar-refractivity contribution in [3.63, 3.8) is 0 Å². The normalized spacial score (nSPS) is 10.9. The average Bonchev–Trinajstić information content (AvgIpc) is 2.46. The topological polar surface area (TPSA) is 51.4 Å². The smallest absolute Gasteiger partial charge is 0.129 e. The van der Waals surface area contributed by atoms with Crippen LogP contribution in [-0.4, -0.2) is 32.3 Å². The summed E-state index contributed by atoms with van der Waals surface area (Å²) >= 11 is 0. The van der Waals surface area contributed by atoms with Crippen LogP contribution in [0.1, 0.15) is 12.0 Å². The van der Waals surface area contributed by atoms with E-state index in [9.17, 15) is 0 Å². The van der Waals surface area contributed by atoms with E-state index < -0.39 is 0 Å². The SMILES string of the molecule is COCCCN(C)c1cc(CN)c2ccccc2n1. The molecular formula is C15H21N3O. The van der Waals surface area contributed by atoms with Crippen molar-refractivity contribution in [2.24, 2.45) is 5.73 Å². The molecule has 0 bridgehead atoms. The van der Waals surface area contributed by atoms with E-state index in [0.29, 0.717) is 6.54 Å². The van der Waals surface area contributed by atoms with Crippen molar-refractivity contribution in [2.75, 3.05) is 32.2 Å². The molecule has 0 unspecified atom stereocenters. The van der Waals surface area contributed by atoms with Crippen molar-refractivity contribution in [1.82, 2.24) is 4.98 Å². The highest BCUT2D eigenvalue weighted by Crippen LogP contribution is 2.22. The number of nitrogens with two attached hydrogens (primary N) is 1. The quantitative estimate of drug-likeness (QED) is 0.808. The molecule has 1 aromatic carbocycles. The lowest BCUT2D eigenvalue weighted by atomic mass is 10.1. The minimum atomic E-state index is 0.530. The molecule has 1 aromatic heterocycles. The van der Waals surface area contributed by atoms with Gasteiger partial charge in [-0.15, -0.1) is 0 Å². The van der Waals surface area contributed by atoms with E-state index in [4.69, 9.17) is 15.5 Å². The Kier molecular flexibility index (Phi) is 4.71. The lowest BCUT2D eigenvalue weighted by Gasteiger charge is -2.19. The summed E-state index contributed by atoms with van der Waals surface area (Å²) in [6.07, 6.45) is 0.986. The summed E-state index contributed by atoms with van der Waals surface area (Å²) in [5.74, 6) is 0.968. The summed E-state index contributed by atoms with van der Waals surface area (Å²) in [6, 6.07) is 10.2. The van der Waals surface area contributed by atoms with E-state index >= 15 is 0 Å². The molecule has 0 atom stereocenters. The molecule has 2 N–H and O–H groups in total. The third-order valence-electron chi connectivity index (χ3n) is 3.24. The van der Waals surface area contributed by atoms with Gasteiger partial charge in [0.25, 0.3) is 0 Å². The van der Waals surface area contributed by atoms with E-state index in [1.54, 1.807) is 7.11 Å². The number of hydrogen-bond acceptors (Lipinski definition) is 4. The Hall–Kier alpha value is -1.65. The number of fused-ring (bicyclic) bond motifs is 1. The maximum Gasteiger partial charge on any atom is 0.129 e. The third-order valence-corrected chi connectivity index (χ3v) is 3.24. The number of nitrogens with zero attached hydrogens (tertiary/aromatic N) is 2. The molecule has 102 valence electrons. The van der Waals surface area contributed by atoms with Crippen molar-refractivity contribution in [3.05, 3.63) is 35.9 Å². The van der Waals surface area contributed by atoms with Crippen LogP contribution < -0.4 is 10.6 Å². The molecule has 0 saturated carbocycles. The number of pyridine rings is 1. The summed E-state index contributed by atoms with van der Waals surface area (Å²) in [5.41, 5.74) is 7.98. The van der Waals surface area contributed by atoms with Crippen molar-refractivity contribution >= 4 is 16.7 Å². The van der Waals surface area contributed by atoms with Crippen molar-refractivity contribution < 1.29 is 4.74 Å². The first-order valence-corrected chi connectivity index (χ1v) is 6.55. The van der Waals surface area contributed by atoms with Gasteiger partial charge in [0.15, 0.2) is 0 Å². The largest absolute Gasteiger partial charge is 0.385 e. The van der Waals surface area contributed by atoms with Crippen LogP contribution in [-0.2, 0) is 11.3 Å². The Balaban J connectivity index is 2.28. The number of anilines is 1. The predicted octanol–water partition coefficient (Wildman–Crippen LogP) is 2.17. The molecule has 2 rings (SSSR count). The van der Waals surface area contributed by atoms with Crippen LogP contribution in [0.4, 0.5) is 5.82 Å². The second kappa shape index (κ2) is 6.50. The molecule has 0 fully saturated rings. The van der Waals surface area contributed by atoms with Crippen molar-refractivity contribution in [2.45, 2.75) is 13.0 Å². The van der Waals surface area contributed by atoms with Crippen LogP contribution in [0.2, 0.25) is 0 Å². The Morgan fingerprint density at radius 3 is 2.84 bits per heavy atom. The molecule has 0 amide bonds. The Morgan fingerprint density at radius 1 is 1.32 bits per heavy atom. The summed E-state index contributed by atoms with van der Waals surface area (Å²) in [5, 5.41) is 1.14. The number of rotatable bonds is 6. The first-order valence-electron chi connectivity index (χ1n) is 6.55. The number of ether oxygens (including phenoxy) is 1. The number of benzene rings is 1. The maximum absolute atomic E-state index is 5.84. The van der Waals surface area contributed by atoms with Gasteiger partial charge in [0.2, 0.25) is 0 Å². The van der Waals surface area contributed by atoms with Gasteiger partial charge in [-0.05, 0) is 24.1 Å². The molecule has 0 aliphatic carbocycles. The standard InChI is InChI=1S/C15H21N3O/c1-18(8-5-9-19-2)15-10-12(11-16)13-6-3-4-7-14(13)17-15/h3-4,6-7,10H,5,8-9,11,16H2,1-2H3. The van der Waals surface area contributed by atoms with Gasteiger partial charge in [-0.3, -0.25) is 0 Å². The van der Waals surface area contributed by atoms with Gasteiger partial charge in [-0.2, -0.15) is 0 Å². The summed E-state index contributed by atoms with van der Waals surface area (Å²) in [6.45, 7) is 2.22. The zero-order chi connectivity index (χ0) is 13.7. The lowest BCUT2D eigenvalue weighted by molar-refractivity contribution is 0.196. The number of methoxy groups -OCH3 is 1. The molecule has 0 radical (unpaired) electrons. The molecule has 4 heteroatoms. The van der Waals surface area contributed by atoms with Crippen LogP contribution in [0.15, 0.2) is 30.3 Å². The van der Waals surface area contributed by atoms with Crippen LogP contribution in [0.3, 0.4) is 0 Å². The number of para-hydroxylation sites is 1. The van der Waals surface area contributed by atoms with Gasteiger partial charge in [0.05, 0.1) is 5.52 Å².